The number of amides is 1. The molecule has 0 aliphatic rings. The van der Waals surface area contributed by atoms with E-state index in [1.165, 1.54) is 11.3 Å². The van der Waals surface area contributed by atoms with Gasteiger partial charge in [0.1, 0.15) is 0 Å². The summed E-state index contributed by atoms with van der Waals surface area (Å²) in [5, 5.41) is 6.52. The van der Waals surface area contributed by atoms with Crippen LogP contribution in [-0.4, -0.2) is 16.0 Å². The number of nitrogens with zero attached hydrogens (tertiary/aromatic N) is 1. The number of benzene rings is 1. The van der Waals surface area contributed by atoms with Crippen molar-refractivity contribution >= 4 is 65.9 Å². The highest BCUT2D eigenvalue weighted by Crippen LogP contribution is 2.28. The van der Waals surface area contributed by atoms with Crippen molar-refractivity contribution in [2.75, 3.05) is 5.32 Å². The van der Waals surface area contributed by atoms with Crippen LogP contribution in [0.5, 0.6) is 0 Å². The first kappa shape index (κ1) is 14.4. The molecule has 1 heterocycles. The number of thiazole rings is 1. The smallest absolute Gasteiger partial charge is 0.226 e. The highest BCUT2D eigenvalue weighted by Gasteiger charge is 2.07. The number of anilines is 1. The number of carbonyl (C=O) groups excluding carboxylic acids is 1. The Morgan fingerprint density at radius 2 is 2.32 bits per heavy atom. The Bertz CT molecular complexity index is 626. The molecule has 1 amide bonds. The average molecular weight is 358 g/mol. The fraction of sp³-hybridized carbons (Fsp3) is 0.250. The lowest BCUT2D eigenvalue weighted by atomic mass is 10.3. The minimum atomic E-state index is -0.0798. The Balaban J connectivity index is 2.05. The molecule has 0 aliphatic carbocycles. The van der Waals surface area contributed by atoms with Crippen LogP contribution in [0.4, 0.5) is 5.13 Å². The van der Waals surface area contributed by atoms with E-state index in [9.17, 15) is 4.79 Å². The summed E-state index contributed by atoms with van der Waals surface area (Å²) >= 11 is 9.97. The van der Waals surface area contributed by atoms with E-state index in [2.05, 4.69) is 31.5 Å². The molecule has 0 radical (unpaired) electrons. The first-order chi connectivity index (χ1) is 9.08. The molecule has 0 unspecified atom stereocenters. The number of fused-ring (bicyclic) bond motifs is 1. The lowest BCUT2D eigenvalue weighted by molar-refractivity contribution is -0.119. The number of thiocarbonyl (C=S) groups is 1. The quantitative estimate of drug-likeness (QED) is 0.822. The molecule has 0 atom stereocenters. The van der Waals surface area contributed by atoms with Gasteiger partial charge in [0.05, 0.1) is 10.2 Å². The normalized spacial score (nSPS) is 10.4. The minimum absolute atomic E-state index is 0.0798. The summed E-state index contributed by atoms with van der Waals surface area (Å²) in [5.41, 5.74) is 0.893. The van der Waals surface area contributed by atoms with Crippen LogP contribution < -0.4 is 10.6 Å². The number of aromatic nitrogens is 1. The SMILES string of the molecule is CCCC(=O)NC(=S)Nc1nc2cc(Br)ccc2s1. The van der Waals surface area contributed by atoms with Crippen molar-refractivity contribution in [1.29, 1.82) is 0 Å². The van der Waals surface area contributed by atoms with E-state index in [1.807, 2.05) is 25.1 Å². The molecule has 1 aromatic heterocycles. The summed E-state index contributed by atoms with van der Waals surface area (Å²) in [6.45, 7) is 1.95. The van der Waals surface area contributed by atoms with Gasteiger partial charge in [0.25, 0.3) is 0 Å². The fourth-order valence-electron chi connectivity index (χ4n) is 1.50. The van der Waals surface area contributed by atoms with E-state index in [1.54, 1.807) is 0 Å². The van der Waals surface area contributed by atoms with Crippen molar-refractivity contribution in [1.82, 2.24) is 10.3 Å². The third-order valence-electron chi connectivity index (χ3n) is 2.30. The van der Waals surface area contributed by atoms with Crippen LogP contribution in [-0.2, 0) is 4.79 Å². The summed E-state index contributed by atoms with van der Waals surface area (Å²) < 4.78 is 2.05. The minimum Gasteiger partial charge on any atom is -0.308 e. The van der Waals surface area contributed by atoms with E-state index in [0.29, 0.717) is 11.6 Å². The highest BCUT2D eigenvalue weighted by atomic mass is 79.9. The van der Waals surface area contributed by atoms with E-state index >= 15 is 0 Å². The molecule has 0 saturated carbocycles. The number of hydrogen-bond donors (Lipinski definition) is 2. The second kappa shape index (κ2) is 6.40. The van der Waals surface area contributed by atoms with Crippen molar-refractivity contribution in [3.63, 3.8) is 0 Å². The molecular formula is C12H12BrN3OS2. The van der Waals surface area contributed by atoms with Gasteiger partial charge in [-0.25, -0.2) is 4.98 Å². The highest BCUT2D eigenvalue weighted by molar-refractivity contribution is 9.10. The molecule has 2 aromatic rings. The van der Waals surface area contributed by atoms with Crippen molar-refractivity contribution in [2.45, 2.75) is 19.8 Å². The second-order valence-corrected chi connectivity index (χ2v) is 6.24. The largest absolute Gasteiger partial charge is 0.308 e. The molecule has 0 aliphatic heterocycles. The van der Waals surface area contributed by atoms with Gasteiger partial charge in [0, 0.05) is 10.9 Å². The van der Waals surface area contributed by atoms with Crippen LogP contribution in [0.15, 0.2) is 22.7 Å². The third kappa shape index (κ3) is 3.95. The van der Waals surface area contributed by atoms with Gasteiger partial charge < -0.3 is 10.6 Å². The molecule has 7 heteroatoms. The molecule has 2 N–H and O–H groups in total. The van der Waals surface area contributed by atoms with E-state index in [4.69, 9.17) is 12.2 Å². The summed E-state index contributed by atoms with van der Waals surface area (Å²) in [5.74, 6) is -0.0798. The maximum Gasteiger partial charge on any atom is 0.226 e. The number of rotatable bonds is 3. The van der Waals surface area contributed by atoms with Crippen LogP contribution in [0.1, 0.15) is 19.8 Å². The van der Waals surface area contributed by atoms with Gasteiger partial charge in [0.2, 0.25) is 5.91 Å². The first-order valence-electron chi connectivity index (χ1n) is 5.75. The van der Waals surface area contributed by atoms with Gasteiger partial charge in [-0.3, -0.25) is 4.79 Å². The number of nitrogens with one attached hydrogen (secondary N) is 2. The predicted octanol–water partition coefficient (Wildman–Crippen LogP) is 3.67. The van der Waals surface area contributed by atoms with Gasteiger partial charge in [-0.05, 0) is 36.8 Å². The number of hydrogen-bond acceptors (Lipinski definition) is 4. The van der Waals surface area contributed by atoms with E-state index in [-0.39, 0.29) is 11.0 Å². The standard InChI is InChI=1S/C12H12BrN3OS2/c1-2-3-10(17)15-11(18)16-12-14-8-6-7(13)4-5-9(8)19-12/h4-6H,2-3H2,1H3,(H2,14,15,16,17,18). The van der Waals surface area contributed by atoms with Crippen LogP contribution in [0.25, 0.3) is 10.2 Å². The molecule has 2 rings (SSSR count). The Hall–Kier alpha value is -1.05. The molecule has 19 heavy (non-hydrogen) atoms. The number of halogens is 1. The first-order valence-corrected chi connectivity index (χ1v) is 7.77. The Morgan fingerprint density at radius 1 is 1.53 bits per heavy atom. The van der Waals surface area contributed by atoms with E-state index < -0.39 is 0 Å². The lowest BCUT2D eigenvalue weighted by Gasteiger charge is -2.05. The van der Waals surface area contributed by atoms with Gasteiger partial charge >= 0.3 is 0 Å². The van der Waals surface area contributed by atoms with Gasteiger partial charge in [-0.2, -0.15) is 0 Å². The van der Waals surface area contributed by atoms with Crippen molar-refractivity contribution in [2.24, 2.45) is 0 Å². The maximum atomic E-state index is 11.4. The average Bonchev–Trinajstić information content (AvgIpc) is 2.70. The van der Waals surface area contributed by atoms with Crippen LogP contribution in [0.2, 0.25) is 0 Å². The molecule has 0 bridgehead atoms. The molecule has 4 nitrogen and oxygen atoms in total. The Labute approximate surface area is 128 Å². The topological polar surface area (TPSA) is 54.0 Å². The Morgan fingerprint density at radius 3 is 3.05 bits per heavy atom. The lowest BCUT2D eigenvalue weighted by Crippen LogP contribution is -2.33. The molecule has 100 valence electrons. The van der Waals surface area contributed by atoms with Crippen LogP contribution in [0.3, 0.4) is 0 Å². The van der Waals surface area contributed by atoms with E-state index in [0.717, 1.165) is 21.1 Å². The molecule has 0 spiro atoms. The molecule has 0 fully saturated rings. The summed E-state index contributed by atoms with van der Waals surface area (Å²) in [4.78, 5) is 15.8. The zero-order valence-corrected chi connectivity index (χ0v) is 13.4. The van der Waals surface area contributed by atoms with Gasteiger partial charge in [0.15, 0.2) is 10.2 Å². The van der Waals surface area contributed by atoms with Crippen molar-refractivity contribution < 1.29 is 4.79 Å². The number of carbonyl (C=O) groups is 1. The summed E-state index contributed by atoms with van der Waals surface area (Å²) in [7, 11) is 0. The molecule has 1 aromatic carbocycles. The summed E-state index contributed by atoms with van der Waals surface area (Å²) in [6, 6.07) is 5.89. The van der Waals surface area contributed by atoms with Crippen molar-refractivity contribution in [3.05, 3.63) is 22.7 Å². The van der Waals surface area contributed by atoms with Gasteiger partial charge in [-0.1, -0.05) is 34.2 Å². The van der Waals surface area contributed by atoms with Crippen LogP contribution >= 0.6 is 39.5 Å². The molecule has 0 saturated heterocycles. The monoisotopic (exact) mass is 357 g/mol. The second-order valence-electron chi connectivity index (χ2n) is 3.88. The third-order valence-corrected chi connectivity index (χ3v) is 3.95. The fourth-order valence-corrected chi connectivity index (χ4v) is 2.97. The Kier molecular flexibility index (Phi) is 4.84. The predicted molar refractivity (Wildman–Crippen MR) is 86.6 cm³/mol. The maximum absolute atomic E-state index is 11.4. The zero-order valence-electron chi connectivity index (χ0n) is 10.2. The van der Waals surface area contributed by atoms with Crippen molar-refractivity contribution in [3.8, 4) is 0 Å². The summed E-state index contributed by atoms with van der Waals surface area (Å²) in [6.07, 6.45) is 1.26. The van der Waals surface area contributed by atoms with Crippen LogP contribution in [0, 0.1) is 0 Å². The molecular weight excluding hydrogens is 346 g/mol. The zero-order chi connectivity index (χ0) is 13.8. The van der Waals surface area contributed by atoms with Gasteiger partial charge in [-0.15, -0.1) is 0 Å².